The molecule has 0 unspecified atom stereocenters. The van der Waals surface area contributed by atoms with Crippen LogP contribution < -0.4 is 5.32 Å². The van der Waals surface area contributed by atoms with Crippen LogP contribution in [0.2, 0.25) is 24.2 Å². The Labute approximate surface area is 136 Å². The topological polar surface area (TPSA) is 38.3 Å². The maximum absolute atomic E-state index is 11.6. The summed E-state index contributed by atoms with van der Waals surface area (Å²) >= 11 is 0. The molecular formula is C18H31NO2Si. The highest BCUT2D eigenvalue weighted by atomic mass is 28.3. The predicted octanol–water partition coefficient (Wildman–Crippen LogP) is 5.17. The van der Waals surface area contributed by atoms with Crippen molar-refractivity contribution < 1.29 is 9.53 Å². The Balaban J connectivity index is 2.42. The normalized spacial score (nSPS) is 12.1. The van der Waals surface area contributed by atoms with Gasteiger partial charge in [0.1, 0.15) is 0 Å². The van der Waals surface area contributed by atoms with Crippen LogP contribution in [-0.4, -0.2) is 27.2 Å². The van der Waals surface area contributed by atoms with Gasteiger partial charge in [0.05, 0.1) is 20.2 Å². The maximum Gasteiger partial charge on any atom is 0.338 e. The Morgan fingerprint density at radius 2 is 1.77 bits per heavy atom. The first kappa shape index (κ1) is 18.8. The van der Waals surface area contributed by atoms with Crippen LogP contribution in [0.3, 0.4) is 0 Å². The minimum atomic E-state index is -1.18. The van der Waals surface area contributed by atoms with Crippen LogP contribution >= 0.6 is 0 Å². The van der Waals surface area contributed by atoms with E-state index in [4.69, 9.17) is 4.74 Å². The average Bonchev–Trinajstić information content (AvgIpc) is 2.43. The molecule has 1 aromatic rings. The molecule has 3 nitrogen and oxygen atoms in total. The van der Waals surface area contributed by atoms with Crippen molar-refractivity contribution in [2.45, 2.75) is 58.3 Å². The summed E-state index contributed by atoms with van der Waals surface area (Å²) in [6.07, 6.45) is 1.19. The second kappa shape index (κ2) is 7.81. The molecule has 0 amide bonds. The zero-order chi connectivity index (χ0) is 16.8. The molecule has 0 fully saturated rings. The lowest BCUT2D eigenvalue weighted by Crippen LogP contribution is -2.37. The number of carbonyl (C=O) groups is 1. The predicted molar refractivity (Wildman–Crippen MR) is 97.5 cm³/mol. The number of hydrogen-bond acceptors (Lipinski definition) is 3. The number of hydrogen-bond donors (Lipinski definition) is 1. The van der Waals surface area contributed by atoms with Crippen molar-refractivity contribution in [2.75, 3.05) is 18.5 Å². The van der Waals surface area contributed by atoms with Crippen LogP contribution in [0.1, 0.15) is 44.5 Å². The molecule has 0 aliphatic rings. The summed E-state index contributed by atoms with van der Waals surface area (Å²) in [5, 5.41) is 3.89. The van der Waals surface area contributed by atoms with E-state index in [9.17, 15) is 4.79 Å². The molecule has 0 bridgehead atoms. The summed E-state index contributed by atoms with van der Waals surface area (Å²) in [4.78, 5) is 11.6. The van der Waals surface area contributed by atoms with Crippen molar-refractivity contribution in [1.29, 1.82) is 0 Å². The van der Waals surface area contributed by atoms with Crippen molar-refractivity contribution in [3.05, 3.63) is 29.8 Å². The smallest absolute Gasteiger partial charge is 0.338 e. The van der Waals surface area contributed by atoms with Crippen LogP contribution in [0.5, 0.6) is 0 Å². The van der Waals surface area contributed by atoms with Crippen molar-refractivity contribution in [2.24, 2.45) is 0 Å². The largest absolute Gasteiger partial charge is 0.462 e. The van der Waals surface area contributed by atoms with Gasteiger partial charge >= 0.3 is 5.97 Å². The molecule has 1 rings (SSSR count). The Bertz CT molecular complexity index is 475. The van der Waals surface area contributed by atoms with Crippen LogP contribution in [0, 0.1) is 0 Å². The lowest BCUT2D eigenvalue weighted by atomic mass is 10.2. The van der Waals surface area contributed by atoms with E-state index in [0.717, 1.165) is 12.2 Å². The fourth-order valence-corrected chi connectivity index (χ4v) is 3.89. The zero-order valence-electron chi connectivity index (χ0n) is 15.0. The van der Waals surface area contributed by atoms with Gasteiger partial charge in [0.15, 0.2) is 0 Å². The van der Waals surface area contributed by atoms with E-state index in [1.807, 2.05) is 31.2 Å². The van der Waals surface area contributed by atoms with Gasteiger partial charge in [0.25, 0.3) is 0 Å². The molecule has 1 aromatic carbocycles. The Morgan fingerprint density at radius 1 is 1.18 bits per heavy atom. The number of nitrogens with one attached hydrogen (secondary N) is 1. The summed E-state index contributed by atoms with van der Waals surface area (Å²) in [6, 6.07) is 8.84. The third kappa shape index (κ3) is 5.48. The summed E-state index contributed by atoms with van der Waals surface area (Å²) in [5.41, 5.74) is 1.66. The highest BCUT2D eigenvalue weighted by molar-refractivity contribution is 6.80. The maximum atomic E-state index is 11.6. The van der Waals surface area contributed by atoms with Crippen molar-refractivity contribution >= 4 is 19.7 Å². The molecule has 0 saturated carbocycles. The first-order chi connectivity index (χ1) is 10.2. The van der Waals surface area contributed by atoms with Gasteiger partial charge in [-0.2, -0.15) is 0 Å². The minimum absolute atomic E-state index is 0.257. The molecule has 4 heteroatoms. The van der Waals surface area contributed by atoms with Crippen LogP contribution in [0.15, 0.2) is 24.3 Å². The number of benzene rings is 1. The molecule has 0 radical (unpaired) electrons. The van der Waals surface area contributed by atoms with E-state index in [1.165, 1.54) is 12.5 Å². The lowest BCUT2D eigenvalue weighted by molar-refractivity contribution is 0.0526. The molecule has 0 saturated heterocycles. The molecule has 0 aliphatic heterocycles. The van der Waals surface area contributed by atoms with Crippen LogP contribution in [-0.2, 0) is 4.74 Å². The SMILES string of the molecule is CCOC(=O)c1ccc(NCCC[Si](C)(C)C(C)(C)C)cc1. The second-order valence-electron chi connectivity index (χ2n) is 7.46. The van der Waals surface area contributed by atoms with Gasteiger partial charge in [-0.3, -0.25) is 0 Å². The standard InChI is InChI=1S/C18H31NO2Si/c1-7-21-17(20)15-9-11-16(12-10-15)19-13-8-14-22(5,6)18(2,3)4/h9-12,19H,7-8,13-14H2,1-6H3. The first-order valence-corrected chi connectivity index (χ1v) is 11.4. The summed E-state index contributed by atoms with van der Waals surface area (Å²) in [5.74, 6) is -0.257. The first-order valence-electron chi connectivity index (χ1n) is 8.18. The number of rotatable bonds is 7. The summed E-state index contributed by atoms with van der Waals surface area (Å²) in [7, 11) is -1.18. The van der Waals surface area contributed by atoms with E-state index < -0.39 is 8.07 Å². The number of esters is 1. The molecule has 22 heavy (non-hydrogen) atoms. The van der Waals surface area contributed by atoms with Gasteiger partial charge in [-0.1, -0.05) is 39.9 Å². The molecule has 0 aliphatic carbocycles. The van der Waals surface area contributed by atoms with Crippen molar-refractivity contribution in [3.8, 4) is 0 Å². The van der Waals surface area contributed by atoms with E-state index in [0.29, 0.717) is 17.2 Å². The molecule has 0 aromatic heterocycles. The van der Waals surface area contributed by atoms with E-state index in [-0.39, 0.29) is 5.97 Å². The van der Waals surface area contributed by atoms with Gasteiger partial charge < -0.3 is 10.1 Å². The second-order valence-corrected chi connectivity index (χ2v) is 13.2. The van der Waals surface area contributed by atoms with Gasteiger partial charge in [0.2, 0.25) is 0 Å². The Morgan fingerprint density at radius 3 is 2.27 bits per heavy atom. The number of anilines is 1. The Hall–Kier alpha value is -1.29. The molecule has 0 spiro atoms. The highest BCUT2D eigenvalue weighted by Gasteiger charge is 2.33. The molecule has 124 valence electrons. The fraction of sp³-hybridized carbons (Fsp3) is 0.611. The molecular weight excluding hydrogens is 290 g/mol. The van der Waals surface area contributed by atoms with E-state index in [1.54, 1.807) is 0 Å². The van der Waals surface area contributed by atoms with Crippen LogP contribution in [0.25, 0.3) is 0 Å². The van der Waals surface area contributed by atoms with Gasteiger partial charge in [-0.15, -0.1) is 0 Å². The highest BCUT2D eigenvalue weighted by Crippen LogP contribution is 2.39. The van der Waals surface area contributed by atoms with Gasteiger partial charge in [0, 0.05) is 12.2 Å². The zero-order valence-corrected chi connectivity index (χ0v) is 16.0. The monoisotopic (exact) mass is 321 g/mol. The fourth-order valence-electron chi connectivity index (χ4n) is 2.08. The van der Waals surface area contributed by atoms with E-state index in [2.05, 4.69) is 39.2 Å². The number of ether oxygens (including phenoxy) is 1. The van der Waals surface area contributed by atoms with Crippen molar-refractivity contribution in [3.63, 3.8) is 0 Å². The third-order valence-electron chi connectivity index (χ3n) is 4.73. The third-order valence-corrected chi connectivity index (χ3v) is 10.4. The number of carbonyl (C=O) groups excluding carboxylic acids is 1. The summed E-state index contributed by atoms with van der Waals surface area (Å²) < 4.78 is 4.98. The van der Waals surface area contributed by atoms with Gasteiger partial charge in [-0.05, 0) is 42.6 Å². The minimum Gasteiger partial charge on any atom is -0.462 e. The van der Waals surface area contributed by atoms with Crippen molar-refractivity contribution in [1.82, 2.24) is 0 Å². The van der Waals surface area contributed by atoms with E-state index >= 15 is 0 Å². The molecule has 1 N–H and O–H groups in total. The molecule has 0 atom stereocenters. The lowest BCUT2D eigenvalue weighted by Gasteiger charge is -2.37. The Kier molecular flexibility index (Phi) is 6.66. The van der Waals surface area contributed by atoms with Gasteiger partial charge in [-0.25, -0.2) is 4.79 Å². The average molecular weight is 322 g/mol. The summed E-state index contributed by atoms with van der Waals surface area (Å²) in [6.45, 7) is 15.2. The van der Waals surface area contributed by atoms with Crippen LogP contribution in [0.4, 0.5) is 5.69 Å². The quantitative estimate of drug-likeness (QED) is 0.427. The molecule has 0 heterocycles.